The highest BCUT2D eigenvalue weighted by atomic mass is 16.2. The molecule has 1 saturated heterocycles. The predicted molar refractivity (Wildman–Crippen MR) is 96.3 cm³/mol. The van der Waals surface area contributed by atoms with Crippen LogP contribution in [0, 0.1) is 0 Å². The molecule has 1 aliphatic rings. The fraction of sp³-hybridized carbons (Fsp3) is 0.579. The molecule has 0 atom stereocenters. The van der Waals surface area contributed by atoms with Crippen LogP contribution in [-0.4, -0.2) is 60.9 Å². The summed E-state index contributed by atoms with van der Waals surface area (Å²) in [4.78, 5) is 29.2. The van der Waals surface area contributed by atoms with Crippen molar-refractivity contribution >= 4 is 11.8 Å². The number of carbonyl (C=O) groups excluding carboxylic acids is 2. The van der Waals surface area contributed by atoms with Gasteiger partial charge in [0.25, 0.3) is 11.8 Å². The van der Waals surface area contributed by atoms with Crippen molar-refractivity contribution in [2.24, 2.45) is 0 Å². The van der Waals surface area contributed by atoms with Gasteiger partial charge in [-0.05, 0) is 44.0 Å². The van der Waals surface area contributed by atoms with Crippen LogP contribution in [0.2, 0.25) is 0 Å². The minimum absolute atomic E-state index is 0.0193. The Bertz CT molecular complexity index is 516. The van der Waals surface area contributed by atoms with Crippen molar-refractivity contribution in [1.29, 1.82) is 0 Å². The Hall–Kier alpha value is -1.88. The maximum atomic E-state index is 12.7. The van der Waals surface area contributed by atoms with Gasteiger partial charge < -0.3 is 15.1 Å². The second kappa shape index (κ2) is 9.42. The second-order valence-electron chi connectivity index (χ2n) is 6.27. The molecule has 1 N–H and O–H groups in total. The van der Waals surface area contributed by atoms with Crippen molar-refractivity contribution in [2.75, 3.05) is 39.3 Å². The van der Waals surface area contributed by atoms with Crippen molar-refractivity contribution in [1.82, 2.24) is 15.1 Å². The Morgan fingerprint density at radius 1 is 1.08 bits per heavy atom. The van der Waals surface area contributed by atoms with Crippen molar-refractivity contribution in [3.8, 4) is 0 Å². The van der Waals surface area contributed by atoms with E-state index in [9.17, 15) is 9.59 Å². The highest BCUT2D eigenvalue weighted by Crippen LogP contribution is 2.13. The predicted octanol–water partition coefficient (Wildman–Crippen LogP) is 2.38. The molecule has 2 rings (SSSR count). The molecule has 2 amide bonds. The first-order valence-electron chi connectivity index (χ1n) is 9.06. The Morgan fingerprint density at radius 3 is 2.50 bits per heavy atom. The summed E-state index contributed by atoms with van der Waals surface area (Å²) in [6.45, 7) is 8.91. The van der Waals surface area contributed by atoms with E-state index in [-0.39, 0.29) is 11.8 Å². The molecular weight excluding hydrogens is 302 g/mol. The van der Waals surface area contributed by atoms with E-state index < -0.39 is 0 Å². The molecule has 1 aromatic rings. The first-order chi connectivity index (χ1) is 11.7. The van der Waals surface area contributed by atoms with Gasteiger partial charge in [-0.2, -0.15) is 0 Å². The molecule has 0 unspecified atom stereocenters. The molecule has 0 bridgehead atoms. The third-order valence-electron chi connectivity index (χ3n) is 4.26. The summed E-state index contributed by atoms with van der Waals surface area (Å²) in [5, 5.41) is 3.30. The van der Waals surface area contributed by atoms with Crippen molar-refractivity contribution in [3.63, 3.8) is 0 Å². The Morgan fingerprint density at radius 2 is 1.79 bits per heavy atom. The lowest BCUT2D eigenvalue weighted by Crippen LogP contribution is -2.35. The van der Waals surface area contributed by atoms with Gasteiger partial charge in [-0.15, -0.1) is 0 Å². The standard InChI is InChI=1S/C19H29N3O2/c1-3-11-21(12-4-2)18(23)16-7-5-8-17(15-16)19(24)22-13-6-9-20-10-14-22/h5,7-8,15,20H,3-4,6,9-14H2,1-2H3. The molecule has 1 aliphatic heterocycles. The first-order valence-corrected chi connectivity index (χ1v) is 9.06. The fourth-order valence-corrected chi connectivity index (χ4v) is 3.05. The molecule has 24 heavy (non-hydrogen) atoms. The summed E-state index contributed by atoms with van der Waals surface area (Å²) in [6, 6.07) is 7.18. The average molecular weight is 331 g/mol. The maximum Gasteiger partial charge on any atom is 0.253 e. The van der Waals surface area contributed by atoms with Gasteiger partial charge in [-0.1, -0.05) is 19.9 Å². The SMILES string of the molecule is CCCN(CCC)C(=O)c1cccc(C(=O)N2CCCNCC2)c1. The molecule has 5 nitrogen and oxygen atoms in total. The maximum absolute atomic E-state index is 12.7. The highest BCUT2D eigenvalue weighted by molar-refractivity contribution is 5.99. The van der Waals surface area contributed by atoms with E-state index in [1.165, 1.54) is 0 Å². The van der Waals surface area contributed by atoms with Crippen LogP contribution < -0.4 is 5.32 Å². The Kier molecular flexibility index (Phi) is 7.25. The molecule has 1 heterocycles. The summed E-state index contributed by atoms with van der Waals surface area (Å²) < 4.78 is 0. The largest absolute Gasteiger partial charge is 0.339 e. The zero-order valence-corrected chi connectivity index (χ0v) is 14.9. The Balaban J connectivity index is 2.14. The topological polar surface area (TPSA) is 52.7 Å². The summed E-state index contributed by atoms with van der Waals surface area (Å²) in [6.07, 6.45) is 2.83. The van der Waals surface area contributed by atoms with E-state index in [1.54, 1.807) is 18.2 Å². The molecule has 1 aromatic carbocycles. The third-order valence-corrected chi connectivity index (χ3v) is 4.26. The summed E-state index contributed by atoms with van der Waals surface area (Å²) in [5.41, 5.74) is 1.21. The van der Waals surface area contributed by atoms with E-state index in [4.69, 9.17) is 0 Å². The molecule has 0 saturated carbocycles. The van der Waals surface area contributed by atoms with Crippen molar-refractivity contribution in [3.05, 3.63) is 35.4 Å². The van der Waals surface area contributed by atoms with Crippen LogP contribution in [0.25, 0.3) is 0 Å². The van der Waals surface area contributed by atoms with Crippen LogP contribution in [0.3, 0.4) is 0 Å². The third kappa shape index (κ3) is 4.81. The van der Waals surface area contributed by atoms with E-state index in [0.29, 0.717) is 11.1 Å². The van der Waals surface area contributed by atoms with Gasteiger partial charge in [-0.3, -0.25) is 9.59 Å². The smallest absolute Gasteiger partial charge is 0.253 e. The van der Waals surface area contributed by atoms with Crippen LogP contribution in [0.15, 0.2) is 24.3 Å². The lowest BCUT2D eigenvalue weighted by molar-refractivity contribution is 0.0755. The van der Waals surface area contributed by atoms with Gasteiger partial charge in [0.05, 0.1) is 0 Å². The van der Waals surface area contributed by atoms with Gasteiger partial charge >= 0.3 is 0 Å². The molecule has 0 aromatic heterocycles. The average Bonchev–Trinajstić information content (AvgIpc) is 2.90. The minimum atomic E-state index is 0.0193. The highest BCUT2D eigenvalue weighted by Gasteiger charge is 2.20. The zero-order chi connectivity index (χ0) is 17.4. The molecule has 0 spiro atoms. The summed E-state index contributed by atoms with van der Waals surface area (Å²) >= 11 is 0. The Labute approximate surface area is 145 Å². The van der Waals surface area contributed by atoms with Crippen LogP contribution in [-0.2, 0) is 0 Å². The van der Waals surface area contributed by atoms with E-state index >= 15 is 0 Å². The lowest BCUT2D eigenvalue weighted by Gasteiger charge is -2.23. The monoisotopic (exact) mass is 331 g/mol. The number of carbonyl (C=O) groups is 2. The van der Waals surface area contributed by atoms with E-state index in [0.717, 1.165) is 58.5 Å². The number of amides is 2. The van der Waals surface area contributed by atoms with Gasteiger partial charge in [-0.25, -0.2) is 0 Å². The van der Waals surface area contributed by atoms with Crippen LogP contribution >= 0.6 is 0 Å². The number of hydrogen-bond donors (Lipinski definition) is 1. The van der Waals surface area contributed by atoms with Crippen molar-refractivity contribution < 1.29 is 9.59 Å². The number of benzene rings is 1. The molecule has 5 heteroatoms. The van der Waals surface area contributed by atoms with Gasteiger partial charge in [0.2, 0.25) is 0 Å². The number of hydrogen-bond acceptors (Lipinski definition) is 3. The first kappa shape index (κ1) is 18.5. The van der Waals surface area contributed by atoms with Gasteiger partial charge in [0, 0.05) is 43.9 Å². The minimum Gasteiger partial charge on any atom is -0.339 e. The normalized spacial score (nSPS) is 15.0. The zero-order valence-electron chi connectivity index (χ0n) is 14.9. The van der Waals surface area contributed by atoms with Gasteiger partial charge in [0.1, 0.15) is 0 Å². The molecular formula is C19H29N3O2. The quantitative estimate of drug-likeness (QED) is 0.871. The summed E-state index contributed by atoms with van der Waals surface area (Å²) in [7, 11) is 0. The summed E-state index contributed by atoms with van der Waals surface area (Å²) in [5.74, 6) is 0.0387. The van der Waals surface area contributed by atoms with Crippen molar-refractivity contribution in [2.45, 2.75) is 33.1 Å². The number of nitrogens with zero attached hydrogens (tertiary/aromatic N) is 2. The number of nitrogens with one attached hydrogen (secondary N) is 1. The van der Waals surface area contributed by atoms with E-state index in [2.05, 4.69) is 19.2 Å². The molecule has 0 radical (unpaired) electrons. The van der Waals surface area contributed by atoms with Crippen LogP contribution in [0.1, 0.15) is 53.8 Å². The van der Waals surface area contributed by atoms with Gasteiger partial charge in [0.15, 0.2) is 0 Å². The van der Waals surface area contributed by atoms with Crippen LogP contribution in [0.4, 0.5) is 0 Å². The van der Waals surface area contributed by atoms with E-state index in [1.807, 2.05) is 15.9 Å². The number of rotatable bonds is 6. The molecule has 1 fully saturated rings. The molecule has 0 aliphatic carbocycles. The van der Waals surface area contributed by atoms with Crippen LogP contribution in [0.5, 0.6) is 0 Å². The molecule has 132 valence electrons. The fourth-order valence-electron chi connectivity index (χ4n) is 3.05. The second-order valence-corrected chi connectivity index (χ2v) is 6.27. The lowest BCUT2D eigenvalue weighted by atomic mass is 10.1.